The summed E-state index contributed by atoms with van der Waals surface area (Å²) < 4.78 is 0. The molecule has 0 radical (unpaired) electrons. The average Bonchev–Trinajstić information content (AvgIpc) is 2.17. The van der Waals surface area contributed by atoms with Crippen LogP contribution in [0.5, 0.6) is 0 Å². The van der Waals surface area contributed by atoms with Crippen molar-refractivity contribution in [1.29, 1.82) is 0 Å². The van der Waals surface area contributed by atoms with Crippen LogP contribution in [0.1, 0.15) is 19.8 Å². The van der Waals surface area contributed by atoms with Crippen molar-refractivity contribution in [3.8, 4) is 0 Å². The number of hydrogen-bond donors (Lipinski definition) is 2. The number of anilines is 1. The van der Waals surface area contributed by atoms with Crippen LogP contribution in [0.4, 0.5) is 5.95 Å². The van der Waals surface area contributed by atoms with Gasteiger partial charge in [-0.1, -0.05) is 6.92 Å². The van der Waals surface area contributed by atoms with Gasteiger partial charge in [-0.05, 0) is 5.92 Å². The monoisotopic (exact) mass is 224 g/mol. The van der Waals surface area contributed by atoms with Crippen molar-refractivity contribution >= 4 is 17.8 Å². The number of hydrogen-bond acceptors (Lipinski definition) is 5. The number of aliphatic carboxylic acids is 1. The molecular formula is C9H12N4O3. The molecule has 0 fully saturated rings. The minimum Gasteiger partial charge on any atom is -0.481 e. The Morgan fingerprint density at radius 3 is 2.75 bits per heavy atom. The second kappa shape index (κ2) is 5.74. The highest BCUT2D eigenvalue weighted by atomic mass is 16.4. The molecule has 0 saturated heterocycles. The molecule has 1 atom stereocenters. The summed E-state index contributed by atoms with van der Waals surface area (Å²) in [5, 5.41) is 18.1. The Morgan fingerprint density at radius 2 is 2.19 bits per heavy atom. The van der Waals surface area contributed by atoms with Gasteiger partial charge in [0.2, 0.25) is 11.9 Å². The van der Waals surface area contributed by atoms with Gasteiger partial charge in [-0.25, -0.2) is 4.98 Å². The van der Waals surface area contributed by atoms with Crippen LogP contribution >= 0.6 is 0 Å². The maximum atomic E-state index is 11.4. The van der Waals surface area contributed by atoms with E-state index in [1.165, 1.54) is 12.4 Å². The predicted octanol–water partition coefficient (Wildman–Crippen LogP) is 0.311. The fraction of sp³-hybridized carbons (Fsp3) is 0.444. The number of nitrogens with zero attached hydrogens (tertiary/aromatic N) is 3. The largest absolute Gasteiger partial charge is 0.481 e. The van der Waals surface area contributed by atoms with Crippen LogP contribution < -0.4 is 5.32 Å². The SMILES string of the molecule is CC(CC(=O)O)CC(=O)Nc1nccnn1. The van der Waals surface area contributed by atoms with Gasteiger partial charge >= 0.3 is 5.97 Å². The zero-order valence-electron chi connectivity index (χ0n) is 8.75. The first-order valence-corrected chi connectivity index (χ1v) is 4.73. The highest BCUT2D eigenvalue weighted by Crippen LogP contribution is 2.08. The van der Waals surface area contributed by atoms with Gasteiger partial charge in [0.1, 0.15) is 0 Å². The van der Waals surface area contributed by atoms with Crippen molar-refractivity contribution in [3.63, 3.8) is 0 Å². The topological polar surface area (TPSA) is 105 Å². The normalized spacial score (nSPS) is 11.8. The van der Waals surface area contributed by atoms with Crippen molar-refractivity contribution in [1.82, 2.24) is 15.2 Å². The predicted molar refractivity (Wildman–Crippen MR) is 54.5 cm³/mol. The van der Waals surface area contributed by atoms with Crippen molar-refractivity contribution in [2.24, 2.45) is 5.92 Å². The molecule has 0 spiro atoms. The number of carboxylic acid groups (broad SMARTS) is 1. The van der Waals surface area contributed by atoms with Gasteiger partial charge in [-0.3, -0.25) is 14.9 Å². The van der Waals surface area contributed by atoms with E-state index in [4.69, 9.17) is 5.11 Å². The Labute approximate surface area is 91.9 Å². The lowest BCUT2D eigenvalue weighted by molar-refractivity contribution is -0.138. The second-order valence-electron chi connectivity index (χ2n) is 3.42. The lowest BCUT2D eigenvalue weighted by atomic mass is 10.0. The summed E-state index contributed by atoms with van der Waals surface area (Å²) in [4.78, 5) is 25.5. The Morgan fingerprint density at radius 1 is 1.44 bits per heavy atom. The molecular weight excluding hydrogens is 212 g/mol. The fourth-order valence-electron chi connectivity index (χ4n) is 1.17. The molecule has 16 heavy (non-hydrogen) atoms. The average molecular weight is 224 g/mol. The van der Waals surface area contributed by atoms with Crippen LogP contribution in [0.25, 0.3) is 0 Å². The van der Waals surface area contributed by atoms with E-state index in [1.54, 1.807) is 6.92 Å². The number of amides is 1. The maximum Gasteiger partial charge on any atom is 0.303 e. The first-order valence-electron chi connectivity index (χ1n) is 4.73. The van der Waals surface area contributed by atoms with Crippen molar-refractivity contribution in [3.05, 3.63) is 12.4 Å². The van der Waals surface area contributed by atoms with Crippen molar-refractivity contribution in [2.75, 3.05) is 5.32 Å². The first kappa shape index (κ1) is 12.0. The Bertz CT molecular complexity index is 368. The van der Waals surface area contributed by atoms with Crippen LogP contribution in [0, 0.1) is 5.92 Å². The van der Waals surface area contributed by atoms with Crippen LogP contribution in [0.3, 0.4) is 0 Å². The number of carboxylic acids is 1. The molecule has 1 heterocycles. The molecule has 1 aromatic rings. The molecule has 1 amide bonds. The Hall–Kier alpha value is -2.05. The van der Waals surface area contributed by atoms with Gasteiger partial charge in [-0.2, -0.15) is 5.10 Å². The van der Waals surface area contributed by atoms with Crippen molar-refractivity contribution < 1.29 is 14.7 Å². The van der Waals surface area contributed by atoms with E-state index < -0.39 is 5.97 Å². The van der Waals surface area contributed by atoms with E-state index >= 15 is 0 Å². The molecule has 2 N–H and O–H groups in total. The molecule has 0 bridgehead atoms. The molecule has 1 unspecified atom stereocenters. The van der Waals surface area contributed by atoms with Gasteiger partial charge in [0, 0.05) is 12.8 Å². The molecule has 7 nitrogen and oxygen atoms in total. The molecule has 1 rings (SSSR count). The minimum absolute atomic E-state index is 0.0404. The molecule has 1 aromatic heterocycles. The molecule has 7 heteroatoms. The molecule has 0 aliphatic carbocycles. The summed E-state index contributed by atoms with van der Waals surface area (Å²) in [7, 11) is 0. The zero-order valence-corrected chi connectivity index (χ0v) is 8.75. The van der Waals surface area contributed by atoms with Gasteiger partial charge in [-0.15, -0.1) is 5.10 Å². The lowest BCUT2D eigenvalue weighted by Crippen LogP contribution is -2.18. The summed E-state index contributed by atoms with van der Waals surface area (Å²) in [5.41, 5.74) is 0. The third-order valence-corrected chi connectivity index (χ3v) is 1.79. The Kier molecular flexibility index (Phi) is 4.31. The van der Waals surface area contributed by atoms with Gasteiger partial charge < -0.3 is 5.11 Å². The summed E-state index contributed by atoms with van der Waals surface area (Å²) in [6.45, 7) is 1.69. The van der Waals surface area contributed by atoms with E-state index in [1.807, 2.05) is 0 Å². The molecule has 0 aliphatic rings. The molecule has 0 aliphatic heterocycles. The smallest absolute Gasteiger partial charge is 0.303 e. The maximum absolute atomic E-state index is 11.4. The van der Waals surface area contributed by atoms with Crippen LogP contribution in [0.15, 0.2) is 12.4 Å². The summed E-state index contributed by atoms with van der Waals surface area (Å²) in [5.74, 6) is -1.34. The second-order valence-corrected chi connectivity index (χ2v) is 3.42. The number of carbonyl (C=O) groups is 2. The fourth-order valence-corrected chi connectivity index (χ4v) is 1.17. The van der Waals surface area contributed by atoms with Crippen LogP contribution in [-0.4, -0.2) is 32.2 Å². The standard InChI is InChI=1S/C9H12N4O3/c1-6(5-8(15)16)4-7(14)12-9-10-2-3-11-13-9/h2-3,6H,4-5H2,1H3,(H,15,16)(H,10,12,13,14). The van der Waals surface area contributed by atoms with Gasteiger partial charge in [0.15, 0.2) is 0 Å². The number of rotatable bonds is 5. The third kappa shape index (κ3) is 4.45. The molecule has 86 valence electrons. The summed E-state index contributed by atoms with van der Waals surface area (Å²) in [6, 6.07) is 0. The van der Waals surface area contributed by atoms with E-state index in [0.29, 0.717) is 0 Å². The lowest BCUT2D eigenvalue weighted by Gasteiger charge is -2.07. The minimum atomic E-state index is -0.919. The number of aromatic nitrogens is 3. The molecule has 0 saturated carbocycles. The highest BCUT2D eigenvalue weighted by Gasteiger charge is 2.13. The van der Waals surface area contributed by atoms with Gasteiger partial charge in [0.25, 0.3) is 0 Å². The quantitative estimate of drug-likeness (QED) is 0.745. The van der Waals surface area contributed by atoms with Crippen LogP contribution in [-0.2, 0) is 9.59 Å². The summed E-state index contributed by atoms with van der Waals surface area (Å²) in [6.07, 6.45) is 2.87. The van der Waals surface area contributed by atoms with E-state index in [-0.39, 0.29) is 30.6 Å². The number of carbonyl (C=O) groups excluding carboxylic acids is 1. The van der Waals surface area contributed by atoms with Crippen molar-refractivity contribution in [2.45, 2.75) is 19.8 Å². The third-order valence-electron chi connectivity index (χ3n) is 1.79. The Balaban J connectivity index is 2.39. The van der Waals surface area contributed by atoms with E-state index in [0.717, 1.165) is 0 Å². The first-order chi connectivity index (χ1) is 7.58. The molecule has 0 aromatic carbocycles. The zero-order chi connectivity index (χ0) is 12.0. The van der Waals surface area contributed by atoms with Crippen LogP contribution in [0.2, 0.25) is 0 Å². The van der Waals surface area contributed by atoms with E-state index in [9.17, 15) is 9.59 Å². The van der Waals surface area contributed by atoms with E-state index in [2.05, 4.69) is 20.5 Å². The summed E-state index contributed by atoms with van der Waals surface area (Å²) >= 11 is 0. The highest BCUT2D eigenvalue weighted by molar-refractivity contribution is 5.89. The van der Waals surface area contributed by atoms with Gasteiger partial charge in [0.05, 0.1) is 12.4 Å². The number of nitrogens with one attached hydrogen (secondary N) is 1.